The SMILES string of the molecule is CC(=O)Nc1nnc(S(=O)(=O)Nc2ccc(C)c(Br)c2)s1. The quantitative estimate of drug-likeness (QED) is 0.780. The van der Waals surface area contributed by atoms with Crippen LogP contribution in [0.1, 0.15) is 12.5 Å². The van der Waals surface area contributed by atoms with E-state index in [1.807, 2.05) is 6.92 Å². The van der Waals surface area contributed by atoms with E-state index < -0.39 is 10.0 Å². The standard InChI is InChI=1S/C11H11BrN4O3S2/c1-6-3-4-8(5-9(6)12)16-21(18,19)11-15-14-10(20-11)13-7(2)17/h3-5,16H,1-2H3,(H,13,14,17). The number of benzene rings is 1. The molecule has 1 heterocycles. The fourth-order valence-electron chi connectivity index (χ4n) is 1.37. The second-order valence-corrected chi connectivity index (χ2v) is 7.81. The lowest BCUT2D eigenvalue weighted by atomic mass is 10.2. The van der Waals surface area contributed by atoms with Crippen LogP contribution in [0.2, 0.25) is 0 Å². The van der Waals surface area contributed by atoms with Crippen LogP contribution in [0.3, 0.4) is 0 Å². The molecule has 2 aromatic rings. The number of halogens is 1. The van der Waals surface area contributed by atoms with Gasteiger partial charge >= 0.3 is 0 Å². The first-order chi connectivity index (χ1) is 9.78. The molecule has 2 N–H and O–H groups in total. The van der Waals surface area contributed by atoms with Crippen molar-refractivity contribution in [1.82, 2.24) is 10.2 Å². The molecule has 21 heavy (non-hydrogen) atoms. The van der Waals surface area contributed by atoms with Gasteiger partial charge in [-0.2, -0.15) is 8.42 Å². The largest absolute Gasteiger partial charge is 0.301 e. The molecule has 0 aliphatic carbocycles. The number of hydrogen-bond acceptors (Lipinski definition) is 6. The number of amides is 1. The van der Waals surface area contributed by atoms with Gasteiger partial charge in [-0.3, -0.25) is 9.52 Å². The molecular formula is C11H11BrN4O3S2. The van der Waals surface area contributed by atoms with E-state index in [9.17, 15) is 13.2 Å². The van der Waals surface area contributed by atoms with Crippen molar-refractivity contribution in [3.05, 3.63) is 28.2 Å². The summed E-state index contributed by atoms with van der Waals surface area (Å²) in [6, 6.07) is 5.08. The highest BCUT2D eigenvalue weighted by atomic mass is 79.9. The van der Waals surface area contributed by atoms with Gasteiger partial charge in [0.15, 0.2) is 0 Å². The third-order valence-corrected chi connectivity index (χ3v) is 5.79. The zero-order chi connectivity index (χ0) is 15.6. The first-order valence-electron chi connectivity index (χ1n) is 5.68. The highest BCUT2D eigenvalue weighted by Gasteiger charge is 2.21. The third-order valence-electron chi connectivity index (χ3n) is 2.34. The first-order valence-corrected chi connectivity index (χ1v) is 8.77. The summed E-state index contributed by atoms with van der Waals surface area (Å²) >= 11 is 4.11. The zero-order valence-corrected chi connectivity index (χ0v) is 14.3. The summed E-state index contributed by atoms with van der Waals surface area (Å²) in [6.07, 6.45) is 0. The monoisotopic (exact) mass is 390 g/mol. The topological polar surface area (TPSA) is 101 Å². The van der Waals surface area contributed by atoms with E-state index in [0.717, 1.165) is 21.4 Å². The van der Waals surface area contributed by atoms with Crippen molar-refractivity contribution in [3.63, 3.8) is 0 Å². The summed E-state index contributed by atoms with van der Waals surface area (Å²) in [4.78, 5) is 10.9. The fraction of sp³-hybridized carbons (Fsp3) is 0.182. The Morgan fingerprint density at radius 1 is 1.33 bits per heavy atom. The van der Waals surface area contributed by atoms with Crippen LogP contribution in [0.5, 0.6) is 0 Å². The van der Waals surface area contributed by atoms with Crippen LogP contribution in [-0.2, 0) is 14.8 Å². The van der Waals surface area contributed by atoms with Gasteiger partial charge in [-0.1, -0.05) is 33.3 Å². The maximum absolute atomic E-state index is 12.2. The molecule has 0 atom stereocenters. The molecular weight excluding hydrogens is 380 g/mol. The number of aryl methyl sites for hydroxylation is 1. The molecule has 0 bridgehead atoms. The molecule has 2 rings (SSSR count). The molecule has 0 spiro atoms. The molecule has 112 valence electrons. The molecule has 0 radical (unpaired) electrons. The summed E-state index contributed by atoms with van der Waals surface area (Å²) in [5.41, 5.74) is 1.39. The Labute approximate surface area is 134 Å². The van der Waals surface area contributed by atoms with Crippen LogP contribution in [0, 0.1) is 6.92 Å². The molecule has 0 aliphatic rings. The Hall–Kier alpha value is -1.52. The summed E-state index contributed by atoms with van der Waals surface area (Å²) < 4.78 is 27.3. The number of nitrogens with one attached hydrogen (secondary N) is 2. The van der Waals surface area contributed by atoms with E-state index >= 15 is 0 Å². The predicted octanol–water partition coefficient (Wildman–Crippen LogP) is 2.37. The van der Waals surface area contributed by atoms with E-state index in [1.54, 1.807) is 18.2 Å². The summed E-state index contributed by atoms with van der Waals surface area (Å²) in [6.45, 7) is 3.20. The van der Waals surface area contributed by atoms with Crippen molar-refractivity contribution < 1.29 is 13.2 Å². The van der Waals surface area contributed by atoms with Gasteiger partial charge in [-0.05, 0) is 24.6 Å². The zero-order valence-electron chi connectivity index (χ0n) is 11.0. The number of aromatic nitrogens is 2. The van der Waals surface area contributed by atoms with Gasteiger partial charge in [-0.25, -0.2) is 0 Å². The van der Waals surface area contributed by atoms with Crippen molar-refractivity contribution in [2.75, 3.05) is 10.0 Å². The van der Waals surface area contributed by atoms with Crippen molar-refractivity contribution >= 4 is 54.0 Å². The lowest BCUT2D eigenvalue weighted by Gasteiger charge is -2.06. The van der Waals surface area contributed by atoms with Gasteiger partial charge in [0.25, 0.3) is 14.4 Å². The van der Waals surface area contributed by atoms with Crippen LogP contribution in [-0.4, -0.2) is 24.5 Å². The van der Waals surface area contributed by atoms with Gasteiger partial charge in [0.1, 0.15) is 0 Å². The Morgan fingerprint density at radius 2 is 2.05 bits per heavy atom. The maximum atomic E-state index is 12.2. The molecule has 1 aromatic carbocycles. The normalized spacial score (nSPS) is 11.2. The molecule has 1 amide bonds. The van der Waals surface area contributed by atoms with Crippen LogP contribution < -0.4 is 10.0 Å². The van der Waals surface area contributed by atoms with E-state index in [-0.39, 0.29) is 15.4 Å². The van der Waals surface area contributed by atoms with E-state index in [1.165, 1.54) is 6.92 Å². The summed E-state index contributed by atoms with van der Waals surface area (Å²) in [5.74, 6) is -0.342. The lowest BCUT2D eigenvalue weighted by molar-refractivity contribution is -0.114. The van der Waals surface area contributed by atoms with Gasteiger partial charge in [0.05, 0.1) is 5.69 Å². The van der Waals surface area contributed by atoms with Crippen LogP contribution >= 0.6 is 27.3 Å². The van der Waals surface area contributed by atoms with Gasteiger partial charge < -0.3 is 5.32 Å². The maximum Gasteiger partial charge on any atom is 0.291 e. The summed E-state index contributed by atoms with van der Waals surface area (Å²) in [5, 5.41) is 9.69. The Morgan fingerprint density at radius 3 is 2.67 bits per heavy atom. The van der Waals surface area contributed by atoms with Gasteiger partial charge in [0, 0.05) is 11.4 Å². The van der Waals surface area contributed by atoms with Crippen LogP contribution in [0.25, 0.3) is 0 Å². The number of carbonyl (C=O) groups excluding carboxylic acids is 1. The number of rotatable bonds is 4. The average Bonchev–Trinajstić information content (AvgIpc) is 2.82. The Bertz CT molecular complexity index is 789. The fourth-order valence-corrected chi connectivity index (χ4v) is 3.75. The van der Waals surface area contributed by atoms with Crippen molar-refractivity contribution in [2.45, 2.75) is 18.2 Å². The summed E-state index contributed by atoms with van der Waals surface area (Å²) in [7, 11) is -3.84. The minimum atomic E-state index is -3.84. The smallest absolute Gasteiger partial charge is 0.291 e. The van der Waals surface area contributed by atoms with Gasteiger partial charge in [0.2, 0.25) is 11.0 Å². The number of hydrogen-bond donors (Lipinski definition) is 2. The first kappa shape index (κ1) is 15.9. The van der Waals surface area contributed by atoms with Gasteiger partial charge in [-0.15, -0.1) is 10.2 Å². The third kappa shape index (κ3) is 3.99. The van der Waals surface area contributed by atoms with Crippen molar-refractivity contribution in [2.24, 2.45) is 0 Å². The Kier molecular flexibility index (Phi) is 4.59. The Balaban J connectivity index is 2.23. The second kappa shape index (κ2) is 6.08. The van der Waals surface area contributed by atoms with E-state index in [0.29, 0.717) is 5.69 Å². The second-order valence-electron chi connectivity index (χ2n) is 4.12. The molecule has 0 fully saturated rings. The predicted molar refractivity (Wildman–Crippen MR) is 83.9 cm³/mol. The molecule has 1 aromatic heterocycles. The van der Waals surface area contributed by atoms with E-state index in [4.69, 9.17) is 0 Å². The minimum absolute atomic E-state index is 0.132. The minimum Gasteiger partial charge on any atom is -0.301 e. The average molecular weight is 391 g/mol. The molecule has 0 unspecified atom stereocenters. The lowest BCUT2D eigenvalue weighted by Crippen LogP contribution is -2.12. The molecule has 10 heteroatoms. The van der Waals surface area contributed by atoms with Crippen molar-refractivity contribution in [1.29, 1.82) is 0 Å². The van der Waals surface area contributed by atoms with Crippen LogP contribution in [0.15, 0.2) is 27.0 Å². The number of sulfonamides is 1. The number of carbonyl (C=O) groups is 1. The molecule has 0 saturated carbocycles. The number of nitrogens with zero attached hydrogens (tertiary/aromatic N) is 2. The number of anilines is 2. The molecule has 7 nitrogen and oxygen atoms in total. The van der Waals surface area contributed by atoms with Crippen LogP contribution in [0.4, 0.5) is 10.8 Å². The van der Waals surface area contributed by atoms with Crippen molar-refractivity contribution in [3.8, 4) is 0 Å². The highest BCUT2D eigenvalue weighted by molar-refractivity contribution is 9.10. The molecule has 0 saturated heterocycles. The molecule has 0 aliphatic heterocycles. The highest BCUT2D eigenvalue weighted by Crippen LogP contribution is 2.25. The van der Waals surface area contributed by atoms with E-state index in [2.05, 4.69) is 36.2 Å².